The largest absolute Gasteiger partial charge is 0.480 e. The van der Waals surface area contributed by atoms with Gasteiger partial charge in [-0.15, -0.1) is 0 Å². The molecule has 0 saturated heterocycles. The summed E-state index contributed by atoms with van der Waals surface area (Å²) < 4.78 is 5.63. The van der Waals surface area contributed by atoms with Gasteiger partial charge in [0.15, 0.2) is 0 Å². The number of carbonyl (C=O) groups is 3. The van der Waals surface area contributed by atoms with Gasteiger partial charge in [0, 0.05) is 18.5 Å². The smallest absolute Gasteiger partial charge is 0.407 e. The van der Waals surface area contributed by atoms with Gasteiger partial charge in [-0.25, -0.2) is 4.79 Å². The Morgan fingerprint density at radius 2 is 1.57 bits per heavy atom. The van der Waals surface area contributed by atoms with Crippen molar-refractivity contribution < 1.29 is 24.2 Å². The molecule has 0 heterocycles. The Labute approximate surface area is 205 Å². The molecule has 0 aromatic heterocycles. The number of hydrogen-bond donors (Lipinski definition) is 2. The maximum atomic E-state index is 13.4. The molecule has 2 aliphatic carbocycles. The minimum absolute atomic E-state index is 0.0850. The van der Waals surface area contributed by atoms with Crippen molar-refractivity contribution in [2.45, 2.75) is 43.7 Å². The summed E-state index contributed by atoms with van der Waals surface area (Å²) in [6.45, 7) is 0.00979. The monoisotopic (exact) mass is 479 g/mol. The molecule has 1 saturated carbocycles. The average molecular weight is 480 g/mol. The average Bonchev–Trinajstić information content (AvgIpc) is 3.47. The molecule has 0 aliphatic heterocycles. The lowest BCUT2D eigenvalue weighted by molar-refractivity contribution is -0.147. The Morgan fingerprint density at radius 1 is 1.00 bits per heavy atom. The quantitative estimate of drug-likeness (QED) is 0.573. The van der Waals surface area contributed by atoms with Crippen LogP contribution in [0.4, 0.5) is 4.79 Å². The first-order valence-electron chi connectivity index (χ1n) is 12.1. The third-order valence-electron chi connectivity index (χ3n) is 6.84. The van der Waals surface area contributed by atoms with Gasteiger partial charge in [-0.05, 0) is 49.2 Å². The topological polar surface area (TPSA) is 99.2 Å². The fourth-order valence-electron chi connectivity index (χ4n) is 5.28. The first-order valence-corrected chi connectivity index (χ1v) is 12.1. The second-order valence-corrected chi connectivity index (χ2v) is 9.58. The van der Waals surface area contributed by atoms with Crippen molar-refractivity contribution in [3.8, 4) is 11.1 Å². The first-order chi connectivity index (χ1) is 16.8. The molecule has 1 fully saturated rings. The number of hydrogen-bond acceptors (Lipinski definition) is 5. The molecule has 2 aromatic carbocycles. The summed E-state index contributed by atoms with van der Waals surface area (Å²) in [6, 6.07) is 15.2. The Hall–Kier alpha value is -3.39. The number of carboxylic acid groups (broad SMARTS) is 1. The van der Waals surface area contributed by atoms with Gasteiger partial charge in [-0.1, -0.05) is 61.4 Å². The molecule has 0 spiro atoms. The highest BCUT2D eigenvalue weighted by molar-refractivity contribution is 5.88. The fraction of sp³-hybridized carbons (Fsp3) is 0.444. The second-order valence-electron chi connectivity index (χ2n) is 9.58. The fourth-order valence-corrected chi connectivity index (χ4v) is 5.28. The lowest BCUT2D eigenvalue weighted by Crippen LogP contribution is -2.56. The molecule has 0 unspecified atom stereocenters. The van der Waals surface area contributed by atoms with E-state index in [1.807, 2.05) is 36.4 Å². The van der Waals surface area contributed by atoms with Gasteiger partial charge in [0.25, 0.3) is 0 Å². The molecule has 1 atom stereocenters. The van der Waals surface area contributed by atoms with Crippen LogP contribution in [-0.4, -0.2) is 78.8 Å². The molecule has 2 aromatic rings. The van der Waals surface area contributed by atoms with Crippen molar-refractivity contribution >= 4 is 18.0 Å². The number of ether oxygens (including phenoxy) is 1. The number of fused-ring (bicyclic) bond motifs is 3. The van der Waals surface area contributed by atoms with Crippen LogP contribution in [0.3, 0.4) is 0 Å². The van der Waals surface area contributed by atoms with E-state index in [4.69, 9.17) is 4.74 Å². The zero-order chi connectivity index (χ0) is 24.9. The van der Waals surface area contributed by atoms with E-state index in [0.717, 1.165) is 47.9 Å². The first kappa shape index (κ1) is 24.7. The van der Waals surface area contributed by atoms with Crippen LogP contribution in [-0.2, 0) is 14.3 Å². The van der Waals surface area contributed by atoms with Gasteiger partial charge in [-0.3, -0.25) is 9.59 Å². The number of amides is 2. The predicted molar refractivity (Wildman–Crippen MR) is 132 cm³/mol. The van der Waals surface area contributed by atoms with Crippen LogP contribution < -0.4 is 5.32 Å². The normalized spacial score (nSPS) is 16.0. The highest BCUT2D eigenvalue weighted by atomic mass is 16.5. The molecule has 2 amide bonds. The van der Waals surface area contributed by atoms with Crippen LogP contribution >= 0.6 is 0 Å². The van der Waals surface area contributed by atoms with Gasteiger partial charge in [0.05, 0.1) is 0 Å². The van der Waals surface area contributed by atoms with E-state index >= 15 is 0 Å². The second kappa shape index (κ2) is 10.9. The number of carboxylic acids is 1. The van der Waals surface area contributed by atoms with E-state index in [1.165, 1.54) is 4.90 Å². The summed E-state index contributed by atoms with van der Waals surface area (Å²) in [5.41, 5.74) is 4.49. The maximum absolute atomic E-state index is 13.4. The predicted octanol–water partition coefficient (Wildman–Crippen LogP) is 3.31. The van der Waals surface area contributed by atoms with Crippen LogP contribution in [0, 0.1) is 0 Å². The van der Waals surface area contributed by atoms with Crippen molar-refractivity contribution in [1.82, 2.24) is 15.1 Å². The number of alkyl carbamates (subject to hydrolysis) is 1. The number of rotatable bonds is 9. The summed E-state index contributed by atoms with van der Waals surface area (Å²) in [7, 11) is 3.60. The van der Waals surface area contributed by atoms with Gasteiger partial charge in [-0.2, -0.15) is 0 Å². The minimum Gasteiger partial charge on any atom is -0.480 e. The van der Waals surface area contributed by atoms with E-state index in [-0.39, 0.29) is 37.6 Å². The van der Waals surface area contributed by atoms with Gasteiger partial charge >= 0.3 is 12.1 Å². The molecular formula is C27H33N3O5. The molecule has 0 radical (unpaired) electrons. The van der Waals surface area contributed by atoms with Crippen molar-refractivity contribution in [1.29, 1.82) is 0 Å². The molecule has 8 heteroatoms. The van der Waals surface area contributed by atoms with Gasteiger partial charge in [0.2, 0.25) is 5.91 Å². The zero-order valence-electron chi connectivity index (χ0n) is 20.3. The molecule has 2 N–H and O–H groups in total. The van der Waals surface area contributed by atoms with Crippen molar-refractivity contribution in [2.75, 3.05) is 33.8 Å². The molecule has 186 valence electrons. The summed E-state index contributed by atoms with van der Waals surface area (Å²) in [5.74, 6) is -1.53. The van der Waals surface area contributed by atoms with E-state index in [1.54, 1.807) is 19.0 Å². The highest BCUT2D eigenvalue weighted by Gasteiger charge is 2.35. The van der Waals surface area contributed by atoms with E-state index < -0.39 is 18.1 Å². The molecule has 2 aliphatic rings. The van der Waals surface area contributed by atoms with Crippen molar-refractivity contribution in [2.24, 2.45) is 0 Å². The molecular weight excluding hydrogens is 446 g/mol. The zero-order valence-corrected chi connectivity index (χ0v) is 20.3. The third-order valence-corrected chi connectivity index (χ3v) is 6.84. The van der Waals surface area contributed by atoms with E-state index in [2.05, 4.69) is 17.4 Å². The van der Waals surface area contributed by atoms with Gasteiger partial charge < -0.3 is 25.0 Å². The highest BCUT2D eigenvalue weighted by Crippen LogP contribution is 2.44. The standard InChI is InChI=1S/C27H33N3O5/c1-29(2)15-24(26(33)30(16-25(31)32)18-9-3-4-10-18)28-27(34)35-17-23-21-13-7-5-11-19(21)20-12-6-8-14-22(20)23/h5-8,11-14,18,23-24H,3-4,9-10,15-17H2,1-2H3,(H,28,34)(H,31,32)/t24-/m0/s1. The SMILES string of the molecule is CN(C)C[C@H](NC(=O)OCC1c2ccccc2-c2ccccc21)C(=O)N(CC(=O)O)C1CCCC1. The van der Waals surface area contributed by atoms with Crippen molar-refractivity contribution in [3.63, 3.8) is 0 Å². The molecule has 0 bridgehead atoms. The number of carbonyl (C=O) groups excluding carboxylic acids is 2. The Morgan fingerprint density at radius 3 is 2.11 bits per heavy atom. The summed E-state index contributed by atoms with van der Waals surface area (Å²) in [6.07, 6.45) is 2.80. The van der Waals surface area contributed by atoms with Crippen molar-refractivity contribution in [3.05, 3.63) is 59.7 Å². The maximum Gasteiger partial charge on any atom is 0.407 e. The number of aliphatic carboxylic acids is 1. The summed E-state index contributed by atoms with van der Waals surface area (Å²) in [4.78, 5) is 40.9. The Bertz CT molecular complexity index is 1030. The van der Waals surface area contributed by atoms with Crippen LogP contribution in [0.25, 0.3) is 11.1 Å². The lowest BCUT2D eigenvalue weighted by atomic mass is 9.98. The molecule has 8 nitrogen and oxygen atoms in total. The summed E-state index contributed by atoms with van der Waals surface area (Å²) in [5, 5.41) is 12.1. The van der Waals surface area contributed by atoms with Crippen LogP contribution in [0.15, 0.2) is 48.5 Å². The van der Waals surface area contributed by atoms with Gasteiger partial charge in [0.1, 0.15) is 19.2 Å². The number of benzene rings is 2. The minimum atomic E-state index is -1.06. The molecule has 35 heavy (non-hydrogen) atoms. The van der Waals surface area contributed by atoms with E-state index in [9.17, 15) is 19.5 Å². The lowest BCUT2D eigenvalue weighted by Gasteiger charge is -2.32. The number of nitrogens with zero attached hydrogens (tertiary/aromatic N) is 2. The summed E-state index contributed by atoms with van der Waals surface area (Å²) >= 11 is 0. The number of nitrogens with one attached hydrogen (secondary N) is 1. The Kier molecular flexibility index (Phi) is 7.70. The number of likely N-dealkylation sites (N-methyl/N-ethyl adjacent to an activating group) is 1. The van der Waals surface area contributed by atoms with Crippen LogP contribution in [0.1, 0.15) is 42.7 Å². The molecule has 4 rings (SSSR count). The Balaban J connectivity index is 1.45. The van der Waals surface area contributed by atoms with E-state index in [0.29, 0.717) is 0 Å². The van der Waals surface area contributed by atoms with Crippen LogP contribution in [0.5, 0.6) is 0 Å². The van der Waals surface area contributed by atoms with Crippen LogP contribution in [0.2, 0.25) is 0 Å². The third kappa shape index (κ3) is 5.65.